The van der Waals surface area contributed by atoms with Crippen LogP contribution in [0, 0.1) is 0 Å². The summed E-state index contributed by atoms with van der Waals surface area (Å²) >= 11 is 0. The minimum Gasteiger partial charge on any atom is -0.478 e. The Bertz CT molecular complexity index is 628. The number of carbonyl (C=O) groups is 1. The summed E-state index contributed by atoms with van der Waals surface area (Å²) in [5.74, 6) is -1.19. The fourth-order valence-electron chi connectivity index (χ4n) is 1.71. The van der Waals surface area contributed by atoms with Crippen LogP contribution in [-0.2, 0) is 14.8 Å². The highest BCUT2D eigenvalue weighted by Gasteiger charge is 2.20. The van der Waals surface area contributed by atoms with Gasteiger partial charge in [-0.2, -0.15) is 0 Å². The third-order valence-electron chi connectivity index (χ3n) is 2.78. The topological polar surface area (TPSA) is 105 Å². The molecule has 0 heterocycles. The average Bonchev–Trinajstić information content (AvgIpc) is 2.49. The predicted molar refractivity (Wildman–Crippen MR) is 83.8 cm³/mol. The van der Waals surface area contributed by atoms with Crippen LogP contribution in [-0.4, -0.2) is 46.3 Å². The fraction of sp³-hybridized carbons (Fsp3) is 0.357. The van der Waals surface area contributed by atoms with E-state index in [2.05, 4.69) is 16.6 Å². The van der Waals surface area contributed by atoms with E-state index in [1.54, 1.807) is 7.11 Å². The third-order valence-corrected chi connectivity index (χ3v) is 4.24. The number of carboxylic acids is 1. The predicted octanol–water partition coefficient (Wildman–Crippen LogP) is 1.30. The standard InChI is InChI=1S/C14H20N2O5S/c1-3-7-16-22(19,20)13-10-11(14(17)18)5-6-12(13)15-8-4-9-21-2/h3,5-6,10,15-16H,1,4,7-9H2,2H3,(H,17,18). The van der Waals surface area contributed by atoms with Gasteiger partial charge in [0.1, 0.15) is 4.90 Å². The number of carboxylic acid groups (broad SMARTS) is 1. The molecule has 0 bridgehead atoms. The monoisotopic (exact) mass is 328 g/mol. The second-order valence-corrected chi connectivity index (χ2v) is 6.17. The van der Waals surface area contributed by atoms with Crippen molar-refractivity contribution in [2.24, 2.45) is 0 Å². The number of rotatable bonds is 10. The van der Waals surface area contributed by atoms with Gasteiger partial charge in [0, 0.05) is 26.8 Å². The van der Waals surface area contributed by atoms with Gasteiger partial charge < -0.3 is 15.2 Å². The number of aromatic carboxylic acids is 1. The summed E-state index contributed by atoms with van der Waals surface area (Å²) in [7, 11) is -2.25. The van der Waals surface area contributed by atoms with Crippen molar-refractivity contribution in [1.82, 2.24) is 4.72 Å². The molecule has 0 fully saturated rings. The second-order valence-electron chi connectivity index (χ2n) is 4.43. The van der Waals surface area contributed by atoms with Crippen LogP contribution >= 0.6 is 0 Å². The summed E-state index contributed by atoms with van der Waals surface area (Å²) in [6, 6.07) is 3.93. The molecule has 7 nitrogen and oxygen atoms in total. The van der Waals surface area contributed by atoms with Gasteiger partial charge in [-0.3, -0.25) is 0 Å². The van der Waals surface area contributed by atoms with Crippen molar-refractivity contribution in [3.8, 4) is 0 Å². The summed E-state index contributed by atoms with van der Waals surface area (Å²) in [5.41, 5.74) is 0.249. The van der Waals surface area contributed by atoms with Crippen LogP contribution in [0.1, 0.15) is 16.8 Å². The molecule has 122 valence electrons. The zero-order valence-electron chi connectivity index (χ0n) is 12.3. The quantitative estimate of drug-likeness (QED) is 0.442. The van der Waals surface area contributed by atoms with Gasteiger partial charge in [-0.1, -0.05) is 6.08 Å². The van der Waals surface area contributed by atoms with Crippen molar-refractivity contribution in [2.45, 2.75) is 11.3 Å². The summed E-state index contributed by atoms with van der Waals surface area (Å²) in [5, 5.41) is 12.0. The van der Waals surface area contributed by atoms with Crippen LogP contribution in [0.15, 0.2) is 35.7 Å². The van der Waals surface area contributed by atoms with Gasteiger partial charge >= 0.3 is 5.97 Å². The number of methoxy groups -OCH3 is 1. The molecular weight excluding hydrogens is 308 g/mol. The number of nitrogens with one attached hydrogen (secondary N) is 2. The fourth-order valence-corrected chi connectivity index (χ4v) is 2.91. The van der Waals surface area contributed by atoms with E-state index in [-0.39, 0.29) is 17.0 Å². The molecule has 22 heavy (non-hydrogen) atoms. The third kappa shape index (κ3) is 5.14. The molecule has 0 aliphatic carbocycles. The number of ether oxygens (including phenoxy) is 1. The Balaban J connectivity index is 3.09. The lowest BCUT2D eigenvalue weighted by molar-refractivity contribution is 0.0696. The maximum atomic E-state index is 12.3. The molecule has 0 aromatic heterocycles. The number of hydrogen-bond donors (Lipinski definition) is 3. The minimum atomic E-state index is -3.83. The van der Waals surface area contributed by atoms with Crippen LogP contribution < -0.4 is 10.0 Å². The maximum absolute atomic E-state index is 12.3. The van der Waals surface area contributed by atoms with Gasteiger partial charge in [-0.05, 0) is 24.6 Å². The lowest BCUT2D eigenvalue weighted by Gasteiger charge is -2.13. The molecule has 0 aliphatic heterocycles. The Kier molecular flexibility index (Phi) is 7.03. The molecule has 0 spiro atoms. The molecule has 3 N–H and O–H groups in total. The molecule has 8 heteroatoms. The first-order valence-electron chi connectivity index (χ1n) is 6.63. The lowest BCUT2D eigenvalue weighted by Crippen LogP contribution is -2.25. The number of sulfonamides is 1. The maximum Gasteiger partial charge on any atom is 0.335 e. The summed E-state index contributed by atoms with van der Waals surface area (Å²) in [6.07, 6.45) is 2.10. The molecule has 0 aliphatic rings. The van der Waals surface area contributed by atoms with Crippen LogP contribution in [0.4, 0.5) is 5.69 Å². The Morgan fingerprint density at radius 3 is 2.77 bits per heavy atom. The summed E-state index contributed by atoms with van der Waals surface area (Å²) < 4.78 is 31.8. The van der Waals surface area contributed by atoms with Crippen molar-refractivity contribution in [3.05, 3.63) is 36.4 Å². The van der Waals surface area contributed by atoms with Crippen LogP contribution in [0.5, 0.6) is 0 Å². The Morgan fingerprint density at radius 1 is 1.45 bits per heavy atom. The Labute approximate surface area is 130 Å². The van der Waals surface area contributed by atoms with Gasteiger partial charge in [-0.15, -0.1) is 6.58 Å². The van der Waals surface area contributed by atoms with Gasteiger partial charge in [0.05, 0.1) is 11.3 Å². The Morgan fingerprint density at radius 2 is 2.18 bits per heavy atom. The van der Waals surface area contributed by atoms with Crippen LogP contribution in [0.3, 0.4) is 0 Å². The van der Waals surface area contributed by atoms with E-state index in [0.717, 1.165) is 6.07 Å². The molecule has 0 saturated heterocycles. The van der Waals surface area contributed by atoms with Crippen molar-refractivity contribution < 1.29 is 23.1 Å². The van der Waals surface area contributed by atoms with Gasteiger partial charge in [0.25, 0.3) is 0 Å². The molecule has 1 rings (SSSR count). The molecule has 0 saturated carbocycles. The first-order valence-corrected chi connectivity index (χ1v) is 8.11. The molecule has 0 unspecified atom stereocenters. The number of hydrogen-bond acceptors (Lipinski definition) is 5. The zero-order chi connectivity index (χ0) is 16.6. The molecule has 0 radical (unpaired) electrons. The summed E-state index contributed by atoms with van der Waals surface area (Å²) in [4.78, 5) is 10.9. The van der Waals surface area contributed by atoms with Crippen molar-refractivity contribution in [2.75, 3.05) is 32.1 Å². The molecule has 0 amide bonds. The van der Waals surface area contributed by atoms with Crippen LogP contribution in [0.25, 0.3) is 0 Å². The van der Waals surface area contributed by atoms with Crippen LogP contribution in [0.2, 0.25) is 0 Å². The molecular formula is C14H20N2O5S. The molecule has 1 aromatic carbocycles. The van der Waals surface area contributed by atoms with E-state index in [1.807, 2.05) is 0 Å². The lowest BCUT2D eigenvalue weighted by atomic mass is 10.2. The molecule has 1 aromatic rings. The van der Waals surface area contributed by atoms with Crippen molar-refractivity contribution >= 4 is 21.7 Å². The van der Waals surface area contributed by atoms with Crippen molar-refractivity contribution in [1.29, 1.82) is 0 Å². The first kappa shape index (κ1) is 18.1. The smallest absolute Gasteiger partial charge is 0.335 e. The van der Waals surface area contributed by atoms with E-state index in [4.69, 9.17) is 9.84 Å². The highest BCUT2D eigenvalue weighted by Crippen LogP contribution is 2.23. The number of benzene rings is 1. The zero-order valence-corrected chi connectivity index (χ0v) is 13.1. The van der Waals surface area contributed by atoms with E-state index in [0.29, 0.717) is 25.3 Å². The van der Waals surface area contributed by atoms with Gasteiger partial charge in [0.2, 0.25) is 10.0 Å². The average molecular weight is 328 g/mol. The normalized spacial score (nSPS) is 11.1. The highest BCUT2D eigenvalue weighted by atomic mass is 32.2. The largest absolute Gasteiger partial charge is 0.478 e. The minimum absolute atomic E-state index is 0.0583. The molecule has 0 atom stereocenters. The van der Waals surface area contributed by atoms with E-state index < -0.39 is 16.0 Å². The van der Waals surface area contributed by atoms with Gasteiger partial charge in [-0.25, -0.2) is 17.9 Å². The highest BCUT2D eigenvalue weighted by molar-refractivity contribution is 7.89. The van der Waals surface area contributed by atoms with Gasteiger partial charge in [0.15, 0.2) is 0 Å². The van der Waals surface area contributed by atoms with Crippen molar-refractivity contribution in [3.63, 3.8) is 0 Å². The van der Waals surface area contributed by atoms with E-state index >= 15 is 0 Å². The summed E-state index contributed by atoms with van der Waals surface area (Å²) in [6.45, 7) is 4.55. The second kappa shape index (κ2) is 8.52. The number of anilines is 1. The SMILES string of the molecule is C=CCNS(=O)(=O)c1cc(C(=O)O)ccc1NCCCOC. The van der Waals surface area contributed by atoms with E-state index in [9.17, 15) is 13.2 Å². The Hall–Kier alpha value is -1.90. The first-order chi connectivity index (χ1) is 10.4. The van der Waals surface area contributed by atoms with E-state index in [1.165, 1.54) is 18.2 Å².